The van der Waals surface area contributed by atoms with E-state index >= 15 is 0 Å². The SMILES string of the molecule is CCNC(=NCc1cccnc1N(C)C)N1CCN(c2ccccc2OC)CC1. The number of para-hydroxylation sites is 2. The third-order valence-corrected chi connectivity index (χ3v) is 5.03. The number of nitrogens with zero attached hydrogens (tertiary/aromatic N) is 5. The molecule has 1 fully saturated rings. The molecular weight excluding hydrogens is 364 g/mol. The number of methoxy groups -OCH3 is 1. The van der Waals surface area contributed by atoms with Crippen LogP contribution in [0.25, 0.3) is 0 Å². The molecule has 0 saturated carbocycles. The Morgan fingerprint density at radius 2 is 1.90 bits per heavy atom. The van der Waals surface area contributed by atoms with Gasteiger partial charge >= 0.3 is 0 Å². The van der Waals surface area contributed by atoms with Crippen LogP contribution in [-0.2, 0) is 6.54 Å². The molecular formula is C22H32N6O. The molecule has 2 aromatic rings. The van der Waals surface area contributed by atoms with Crippen LogP contribution in [0.15, 0.2) is 47.6 Å². The average molecular weight is 397 g/mol. The normalized spacial score (nSPS) is 14.7. The van der Waals surface area contributed by atoms with Gasteiger partial charge in [0, 0.05) is 58.6 Å². The average Bonchev–Trinajstić information content (AvgIpc) is 2.77. The predicted octanol–water partition coefficient (Wildman–Crippen LogP) is 2.44. The number of ether oxygens (including phenoxy) is 1. The Kier molecular flexibility index (Phi) is 7.16. The van der Waals surface area contributed by atoms with E-state index in [2.05, 4.69) is 45.2 Å². The minimum atomic E-state index is 0.608. The first kappa shape index (κ1) is 20.8. The van der Waals surface area contributed by atoms with Gasteiger partial charge in [0.1, 0.15) is 11.6 Å². The lowest BCUT2D eigenvalue weighted by Crippen LogP contribution is -2.52. The lowest BCUT2D eigenvalue weighted by molar-refractivity contribution is 0.367. The van der Waals surface area contributed by atoms with E-state index < -0.39 is 0 Å². The van der Waals surface area contributed by atoms with Crippen molar-refractivity contribution in [3.05, 3.63) is 48.2 Å². The number of anilines is 2. The molecule has 1 N–H and O–H groups in total. The number of benzene rings is 1. The zero-order valence-corrected chi connectivity index (χ0v) is 17.9. The summed E-state index contributed by atoms with van der Waals surface area (Å²) >= 11 is 0. The molecule has 0 amide bonds. The van der Waals surface area contributed by atoms with Crippen molar-refractivity contribution in [3.8, 4) is 5.75 Å². The summed E-state index contributed by atoms with van der Waals surface area (Å²) in [6.45, 7) is 7.25. The van der Waals surface area contributed by atoms with E-state index in [9.17, 15) is 0 Å². The van der Waals surface area contributed by atoms with Gasteiger partial charge in [0.05, 0.1) is 19.3 Å². The van der Waals surface area contributed by atoms with Crippen molar-refractivity contribution in [3.63, 3.8) is 0 Å². The summed E-state index contributed by atoms with van der Waals surface area (Å²) in [5, 5.41) is 3.45. The Labute approximate surface area is 174 Å². The Balaban J connectivity index is 1.69. The van der Waals surface area contributed by atoms with Crippen LogP contribution in [0.5, 0.6) is 5.75 Å². The van der Waals surface area contributed by atoms with Crippen molar-refractivity contribution in [2.45, 2.75) is 13.5 Å². The molecule has 1 aliphatic rings. The van der Waals surface area contributed by atoms with E-state index in [1.165, 1.54) is 0 Å². The van der Waals surface area contributed by atoms with Crippen LogP contribution in [0, 0.1) is 0 Å². The fourth-order valence-corrected chi connectivity index (χ4v) is 3.59. The monoisotopic (exact) mass is 396 g/mol. The third kappa shape index (κ3) is 5.10. The van der Waals surface area contributed by atoms with Gasteiger partial charge in [0.25, 0.3) is 0 Å². The van der Waals surface area contributed by atoms with E-state index in [0.717, 1.165) is 61.5 Å². The van der Waals surface area contributed by atoms with Gasteiger partial charge in [0.15, 0.2) is 5.96 Å². The molecule has 0 atom stereocenters. The van der Waals surface area contributed by atoms with E-state index in [1.54, 1.807) is 7.11 Å². The van der Waals surface area contributed by atoms with Gasteiger partial charge in [-0.05, 0) is 25.1 Å². The second-order valence-corrected chi connectivity index (χ2v) is 7.20. The van der Waals surface area contributed by atoms with Crippen molar-refractivity contribution >= 4 is 17.5 Å². The number of guanidine groups is 1. The van der Waals surface area contributed by atoms with Gasteiger partial charge in [-0.3, -0.25) is 0 Å². The first-order valence-electron chi connectivity index (χ1n) is 10.2. The molecule has 1 aromatic carbocycles. The molecule has 2 heterocycles. The molecule has 0 unspecified atom stereocenters. The number of aromatic nitrogens is 1. The largest absolute Gasteiger partial charge is 0.495 e. The summed E-state index contributed by atoms with van der Waals surface area (Å²) in [6, 6.07) is 12.3. The van der Waals surface area contributed by atoms with Crippen molar-refractivity contribution in [2.75, 3.05) is 63.7 Å². The maximum Gasteiger partial charge on any atom is 0.194 e. The number of piperazine rings is 1. The van der Waals surface area contributed by atoms with Gasteiger partial charge in [-0.15, -0.1) is 0 Å². The van der Waals surface area contributed by atoms with Crippen molar-refractivity contribution in [1.29, 1.82) is 0 Å². The highest BCUT2D eigenvalue weighted by Crippen LogP contribution is 2.28. The number of aliphatic imine (C=N–C) groups is 1. The summed E-state index contributed by atoms with van der Waals surface area (Å²) < 4.78 is 5.53. The second kappa shape index (κ2) is 10.0. The highest BCUT2D eigenvalue weighted by molar-refractivity contribution is 5.80. The minimum Gasteiger partial charge on any atom is -0.495 e. The molecule has 0 radical (unpaired) electrons. The predicted molar refractivity (Wildman–Crippen MR) is 120 cm³/mol. The van der Waals surface area contributed by atoms with Gasteiger partial charge < -0.3 is 24.8 Å². The number of rotatable bonds is 6. The summed E-state index contributed by atoms with van der Waals surface area (Å²) in [6.07, 6.45) is 1.82. The third-order valence-electron chi connectivity index (χ3n) is 5.03. The van der Waals surface area contributed by atoms with E-state index in [4.69, 9.17) is 9.73 Å². The number of nitrogens with one attached hydrogen (secondary N) is 1. The molecule has 1 saturated heterocycles. The second-order valence-electron chi connectivity index (χ2n) is 7.20. The van der Waals surface area contributed by atoms with Crippen molar-refractivity contribution in [1.82, 2.24) is 15.2 Å². The van der Waals surface area contributed by atoms with Crippen molar-refractivity contribution in [2.24, 2.45) is 4.99 Å². The Morgan fingerprint density at radius 3 is 2.59 bits per heavy atom. The molecule has 3 rings (SSSR count). The van der Waals surface area contributed by atoms with Crippen LogP contribution in [-0.4, -0.2) is 69.8 Å². The quantitative estimate of drug-likeness (QED) is 0.598. The number of hydrogen-bond acceptors (Lipinski definition) is 5. The molecule has 1 aliphatic heterocycles. The maximum atomic E-state index is 5.53. The first-order valence-corrected chi connectivity index (χ1v) is 10.2. The van der Waals surface area contributed by atoms with Gasteiger partial charge in [-0.1, -0.05) is 18.2 Å². The van der Waals surface area contributed by atoms with E-state index in [-0.39, 0.29) is 0 Å². The summed E-state index contributed by atoms with van der Waals surface area (Å²) in [7, 11) is 5.75. The highest BCUT2D eigenvalue weighted by atomic mass is 16.5. The van der Waals surface area contributed by atoms with Gasteiger partial charge in [-0.25, -0.2) is 9.98 Å². The molecule has 0 bridgehead atoms. The van der Waals surface area contributed by atoms with E-state index in [0.29, 0.717) is 6.54 Å². The Morgan fingerprint density at radius 1 is 1.14 bits per heavy atom. The summed E-state index contributed by atoms with van der Waals surface area (Å²) in [4.78, 5) is 16.1. The molecule has 7 heteroatoms. The standard InChI is InChI=1S/C22H32N6O/c1-5-23-22(25-17-18-9-8-12-24-21(18)26(2)3)28-15-13-27(14-16-28)19-10-6-7-11-20(19)29-4/h6-12H,5,13-17H2,1-4H3,(H,23,25). The molecule has 7 nitrogen and oxygen atoms in total. The first-order chi connectivity index (χ1) is 14.1. The Bertz CT molecular complexity index is 814. The Hall–Kier alpha value is -2.96. The highest BCUT2D eigenvalue weighted by Gasteiger charge is 2.21. The topological polar surface area (TPSA) is 56.2 Å². The van der Waals surface area contributed by atoms with Crippen LogP contribution in [0.2, 0.25) is 0 Å². The number of hydrogen-bond donors (Lipinski definition) is 1. The molecule has 1 aromatic heterocycles. The molecule has 0 aliphatic carbocycles. The summed E-state index contributed by atoms with van der Waals surface area (Å²) in [5.41, 5.74) is 2.28. The van der Waals surface area contributed by atoms with Crippen LogP contribution < -0.4 is 19.9 Å². The van der Waals surface area contributed by atoms with E-state index in [1.807, 2.05) is 43.4 Å². The minimum absolute atomic E-state index is 0.608. The fourth-order valence-electron chi connectivity index (χ4n) is 3.59. The zero-order valence-electron chi connectivity index (χ0n) is 17.9. The lowest BCUT2D eigenvalue weighted by Gasteiger charge is -2.38. The number of pyridine rings is 1. The molecule has 29 heavy (non-hydrogen) atoms. The smallest absolute Gasteiger partial charge is 0.194 e. The van der Waals surface area contributed by atoms with Crippen LogP contribution in [0.4, 0.5) is 11.5 Å². The van der Waals surface area contributed by atoms with Crippen molar-refractivity contribution < 1.29 is 4.74 Å². The van der Waals surface area contributed by atoms with Crippen LogP contribution >= 0.6 is 0 Å². The van der Waals surface area contributed by atoms with Crippen LogP contribution in [0.1, 0.15) is 12.5 Å². The molecule has 156 valence electrons. The lowest BCUT2D eigenvalue weighted by atomic mass is 10.2. The van der Waals surface area contributed by atoms with Gasteiger partial charge in [0.2, 0.25) is 0 Å². The van der Waals surface area contributed by atoms with Crippen LogP contribution in [0.3, 0.4) is 0 Å². The fraction of sp³-hybridized carbons (Fsp3) is 0.455. The summed E-state index contributed by atoms with van der Waals surface area (Å²) in [5.74, 6) is 2.85. The van der Waals surface area contributed by atoms with Gasteiger partial charge in [-0.2, -0.15) is 0 Å². The zero-order chi connectivity index (χ0) is 20.6. The maximum absolute atomic E-state index is 5.53. The molecule has 0 spiro atoms.